The van der Waals surface area contributed by atoms with Crippen molar-refractivity contribution in [3.63, 3.8) is 0 Å². The lowest BCUT2D eigenvalue weighted by molar-refractivity contribution is -0.202. The van der Waals surface area contributed by atoms with Crippen molar-refractivity contribution < 1.29 is 23.9 Å². The number of phenolic OH excluding ortho intramolecular Hbond substituents is 1. The minimum absolute atomic E-state index is 0. The molecule has 8 nitrogen and oxygen atoms in total. The molecule has 2 aliphatic rings. The minimum atomic E-state index is -0.854. The highest BCUT2D eigenvalue weighted by Crippen LogP contribution is 2.29. The number of piperazine rings is 1. The highest BCUT2D eigenvalue weighted by atomic mass is 32.1. The molecular weight excluding hydrogens is 563 g/mol. The van der Waals surface area contributed by atoms with E-state index in [-0.39, 0.29) is 82.9 Å². The molecule has 0 spiro atoms. The van der Waals surface area contributed by atoms with Crippen molar-refractivity contribution >= 4 is 44.7 Å². The number of phenols is 1. The molecule has 1 N–H and O–H groups in total. The molecule has 218 valence electrons. The summed E-state index contributed by atoms with van der Waals surface area (Å²) in [4.78, 5) is 44.0. The number of halogens is 1. The number of nitrogens with zero attached hydrogens (tertiary/aromatic N) is 4. The van der Waals surface area contributed by atoms with Gasteiger partial charge >= 0.3 is 0 Å². The number of fused-ring (bicyclic) bond motifs is 1. The van der Waals surface area contributed by atoms with Crippen LogP contribution in [0, 0.1) is 5.82 Å². The SMILES string of the molecule is CN1CC(=O)N2[C@@H](Cc3ccc(O)cc3)C(=O)N(Cc3cccc(F)c3)C[C@@H]2N1C(=O)CCc1ccccc1.S.S. The number of amides is 3. The van der Waals surface area contributed by atoms with Gasteiger partial charge in [0.15, 0.2) is 0 Å². The van der Waals surface area contributed by atoms with Crippen LogP contribution in [0.1, 0.15) is 23.1 Å². The third kappa shape index (κ3) is 7.22. The summed E-state index contributed by atoms with van der Waals surface area (Å²) >= 11 is 0. The third-order valence-electron chi connectivity index (χ3n) is 7.29. The maximum atomic E-state index is 13.9. The Morgan fingerprint density at radius 3 is 2.29 bits per heavy atom. The standard InChI is InChI=1S/C30H31FN4O4.2H2S/c1-32-20-29(38)34-26(17-22-10-13-25(36)14-11-22)30(39)33(18-23-8-5-9-24(31)16-23)19-27(34)35(32)28(37)15-12-21-6-3-2-4-7-21;;/h2-11,13-14,16,26-27,36H,12,15,17-20H2,1H3;2*1H2/t26-,27-;;/m0../s1. The molecule has 0 aromatic heterocycles. The summed E-state index contributed by atoms with van der Waals surface area (Å²) in [6, 6.07) is 21.4. The summed E-state index contributed by atoms with van der Waals surface area (Å²) in [5.41, 5.74) is 2.43. The number of benzene rings is 3. The second kappa shape index (κ2) is 13.9. The lowest BCUT2D eigenvalue weighted by atomic mass is 9.98. The van der Waals surface area contributed by atoms with E-state index in [2.05, 4.69) is 0 Å². The highest BCUT2D eigenvalue weighted by molar-refractivity contribution is 7.59. The average molecular weight is 599 g/mol. The third-order valence-corrected chi connectivity index (χ3v) is 7.29. The molecule has 2 aliphatic heterocycles. The van der Waals surface area contributed by atoms with E-state index in [0.29, 0.717) is 12.0 Å². The zero-order valence-electron chi connectivity index (χ0n) is 22.7. The molecule has 3 aromatic carbocycles. The maximum Gasteiger partial charge on any atom is 0.246 e. The molecule has 2 saturated heterocycles. The molecule has 41 heavy (non-hydrogen) atoms. The van der Waals surface area contributed by atoms with Crippen molar-refractivity contribution in [1.29, 1.82) is 0 Å². The normalized spacial score (nSPS) is 18.8. The predicted octanol–water partition coefficient (Wildman–Crippen LogP) is 3.19. The number of likely N-dealkylation sites (N-methyl/N-ethyl adjacent to an activating group) is 1. The first kappa shape index (κ1) is 32.0. The van der Waals surface area contributed by atoms with Gasteiger partial charge < -0.3 is 14.9 Å². The number of hydrazine groups is 1. The first-order valence-corrected chi connectivity index (χ1v) is 13.0. The number of aryl methyl sites for hydroxylation is 1. The van der Waals surface area contributed by atoms with Crippen LogP contribution in [0.4, 0.5) is 4.39 Å². The van der Waals surface area contributed by atoms with Crippen LogP contribution in [-0.2, 0) is 33.8 Å². The molecule has 3 amide bonds. The molecule has 2 atom stereocenters. The van der Waals surface area contributed by atoms with Crippen LogP contribution in [0.15, 0.2) is 78.9 Å². The zero-order valence-corrected chi connectivity index (χ0v) is 24.7. The summed E-state index contributed by atoms with van der Waals surface area (Å²) in [6.07, 6.45) is 0.311. The Bertz CT molecular complexity index is 1360. The second-order valence-corrected chi connectivity index (χ2v) is 10.1. The fraction of sp³-hybridized carbons (Fsp3) is 0.300. The fourth-order valence-electron chi connectivity index (χ4n) is 5.44. The number of rotatable bonds is 7. The Hall–Kier alpha value is -3.54. The van der Waals surface area contributed by atoms with E-state index in [9.17, 15) is 23.9 Å². The highest BCUT2D eigenvalue weighted by Gasteiger charge is 2.50. The molecular formula is C30H35FN4O4S2. The van der Waals surface area contributed by atoms with Crippen LogP contribution < -0.4 is 0 Å². The van der Waals surface area contributed by atoms with Crippen molar-refractivity contribution in [3.8, 4) is 5.75 Å². The van der Waals surface area contributed by atoms with Gasteiger partial charge in [-0.15, -0.1) is 0 Å². The van der Waals surface area contributed by atoms with Crippen molar-refractivity contribution in [3.05, 3.63) is 101 Å². The summed E-state index contributed by atoms with van der Waals surface area (Å²) in [5, 5.41) is 12.9. The average Bonchev–Trinajstić information content (AvgIpc) is 2.91. The van der Waals surface area contributed by atoms with Gasteiger partial charge in [0.25, 0.3) is 0 Å². The largest absolute Gasteiger partial charge is 0.508 e. The Labute approximate surface area is 253 Å². The number of hydrogen-bond donors (Lipinski definition) is 1. The van der Waals surface area contributed by atoms with E-state index < -0.39 is 18.0 Å². The quantitative estimate of drug-likeness (QED) is 0.452. The van der Waals surface area contributed by atoms with Gasteiger partial charge in [0.05, 0.1) is 13.1 Å². The first-order chi connectivity index (χ1) is 18.8. The molecule has 2 fully saturated rings. The first-order valence-electron chi connectivity index (χ1n) is 13.0. The van der Waals surface area contributed by atoms with Gasteiger partial charge in [-0.1, -0.05) is 54.6 Å². The molecule has 0 bridgehead atoms. The van der Waals surface area contributed by atoms with Gasteiger partial charge in [-0.05, 0) is 47.4 Å². The van der Waals surface area contributed by atoms with Crippen molar-refractivity contribution in [2.24, 2.45) is 0 Å². The van der Waals surface area contributed by atoms with Crippen LogP contribution in [0.3, 0.4) is 0 Å². The smallest absolute Gasteiger partial charge is 0.246 e. The Kier molecular flexibility index (Phi) is 10.8. The topological polar surface area (TPSA) is 84.4 Å². The summed E-state index contributed by atoms with van der Waals surface area (Å²) in [6.45, 7) is 0.225. The van der Waals surface area contributed by atoms with Crippen LogP contribution in [-0.4, -0.2) is 75.0 Å². The van der Waals surface area contributed by atoms with Gasteiger partial charge in [-0.3, -0.25) is 19.4 Å². The van der Waals surface area contributed by atoms with E-state index >= 15 is 0 Å². The summed E-state index contributed by atoms with van der Waals surface area (Å²) in [7, 11) is 1.71. The molecule has 2 heterocycles. The molecule has 5 rings (SSSR count). The Morgan fingerprint density at radius 2 is 1.61 bits per heavy atom. The van der Waals surface area contributed by atoms with E-state index in [0.717, 1.165) is 11.1 Å². The molecule has 0 saturated carbocycles. The number of hydrogen-bond acceptors (Lipinski definition) is 5. The monoisotopic (exact) mass is 598 g/mol. The van der Waals surface area contributed by atoms with Crippen LogP contribution in [0.2, 0.25) is 0 Å². The number of carbonyl (C=O) groups is 3. The lowest BCUT2D eigenvalue weighted by Gasteiger charge is -2.54. The van der Waals surface area contributed by atoms with Gasteiger partial charge in [0.1, 0.15) is 23.8 Å². The minimum Gasteiger partial charge on any atom is -0.508 e. The van der Waals surface area contributed by atoms with Gasteiger partial charge in [0.2, 0.25) is 17.7 Å². The van der Waals surface area contributed by atoms with E-state index in [1.165, 1.54) is 29.2 Å². The molecule has 3 aromatic rings. The van der Waals surface area contributed by atoms with Crippen LogP contribution >= 0.6 is 27.0 Å². The van der Waals surface area contributed by atoms with Gasteiger partial charge in [-0.25, -0.2) is 9.40 Å². The van der Waals surface area contributed by atoms with E-state index in [1.807, 2.05) is 30.3 Å². The van der Waals surface area contributed by atoms with Gasteiger partial charge in [-0.2, -0.15) is 27.0 Å². The summed E-state index contributed by atoms with van der Waals surface area (Å²) < 4.78 is 13.9. The second-order valence-electron chi connectivity index (χ2n) is 10.1. The van der Waals surface area contributed by atoms with E-state index in [4.69, 9.17) is 0 Å². The molecule has 11 heteroatoms. The van der Waals surface area contributed by atoms with Crippen molar-refractivity contribution in [1.82, 2.24) is 19.8 Å². The van der Waals surface area contributed by atoms with Crippen LogP contribution in [0.5, 0.6) is 5.75 Å². The summed E-state index contributed by atoms with van der Waals surface area (Å²) in [5.74, 6) is -0.947. The Balaban J connectivity index is 0.00000231. The van der Waals surface area contributed by atoms with E-state index in [1.54, 1.807) is 46.2 Å². The van der Waals surface area contributed by atoms with Gasteiger partial charge in [0, 0.05) is 26.4 Å². The van der Waals surface area contributed by atoms with Crippen molar-refractivity contribution in [2.75, 3.05) is 20.1 Å². The Morgan fingerprint density at radius 1 is 0.927 bits per heavy atom. The lowest BCUT2D eigenvalue weighted by Crippen LogP contribution is -2.75. The molecule has 0 radical (unpaired) electrons. The molecule has 0 aliphatic carbocycles. The number of aromatic hydroxyl groups is 1. The molecule has 0 unspecified atom stereocenters. The maximum absolute atomic E-state index is 13.9. The van der Waals surface area contributed by atoms with Crippen molar-refractivity contribution in [2.45, 2.75) is 38.0 Å². The zero-order chi connectivity index (χ0) is 27.5. The fourth-order valence-corrected chi connectivity index (χ4v) is 5.44. The van der Waals surface area contributed by atoms with Crippen LogP contribution in [0.25, 0.3) is 0 Å². The number of carbonyl (C=O) groups excluding carboxylic acids is 3. The predicted molar refractivity (Wildman–Crippen MR) is 163 cm³/mol.